The van der Waals surface area contributed by atoms with Crippen LogP contribution in [0.1, 0.15) is 66.2 Å². The van der Waals surface area contributed by atoms with Crippen LogP contribution in [-0.2, 0) is 0 Å². The van der Waals surface area contributed by atoms with Crippen LogP contribution in [0.4, 0.5) is 0 Å². The van der Waals surface area contributed by atoms with Crippen LogP contribution in [0.15, 0.2) is 0 Å². The van der Waals surface area contributed by atoms with Crippen LogP contribution in [0, 0.1) is 5.92 Å². The third kappa shape index (κ3) is 4.89. The highest BCUT2D eigenvalue weighted by atomic mass is 15.2. The van der Waals surface area contributed by atoms with Crippen LogP contribution < -0.4 is 5.32 Å². The van der Waals surface area contributed by atoms with Crippen LogP contribution in [0.25, 0.3) is 0 Å². The van der Waals surface area contributed by atoms with Crippen molar-refractivity contribution >= 4 is 0 Å². The van der Waals surface area contributed by atoms with Gasteiger partial charge in [0.05, 0.1) is 0 Å². The summed E-state index contributed by atoms with van der Waals surface area (Å²) in [6, 6.07) is 1.49. The second-order valence-electron chi connectivity index (χ2n) is 5.95. The minimum atomic E-state index is 0.719. The molecule has 0 bridgehead atoms. The molecule has 0 radical (unpaired) electrons. The summed E-state index contributed by atoms with van der Waals surface area (Å²) in [5.74, 6) is 0.912. The molecule has 1 fully saturated rings. The average molecular weight is 254 g/mol. The lowest BCUT2D eigenvalue weighted by Gasteiger charge is -2.41. The fraction of sp³-hybridized carbons (Fsp3) is 1.00. The third-order valence-corrected chi connectivity index (χ3v) is 4.61. The number of unbranched alkanes of at least 4 members (excludes halogenated alkanes) is 1. The van der Waals surface area contributed by atoms with Crippen molar-refractivity contribution in [3.8, 4) is 0 Å². The fourth-order valence-electron chi connectivity index (χ4n) is 3.08. The van der Waals surface area contributed by atoms with Crippen LogP contribution >= 0.6 is 0 Å². The summed E-state index contributed by atoms with van der Waals surface area (Å²) in [5, 5.41) is 3.69. The quantitative estimate of drug-likeness (QED) is 0.711. The van der Waals surface area contributed by atoms with Crippen molar-refractivity contribution in [2.75, 3.05) is 19.6 Å². The van der Waals surface area contributed by atoms with Gasteiger partial charge in [-0.1, -0.05) is 47.0 Å². The predicted octanol–water partition coefficient (Wildman–Crippen LogP) is 3.67. The number of hydrogen-bond acceptors (Lipinski definition) is 2. The minimum absolute atomic E-state index is 0.719. The molecule has 0 spiro atoms. The van der Waals surface area contributed by atoms with E-state index < -0.39 is 0 Å². The SMILES string of the molecule is CCCCC(CC)CN1CC(CC)NCC1CC. The first-order chi connectivity index (χ1) is 8.74. The van der Waals surface area contributed by atoms with Crippen molar-refractivity contribution in [1.29, 1.82) is 0 Å². The molecule has 0 amide bonds. The summed E-state index contributed by atoms with van der Waals surface area (Å²) in [6.07, 6.45) is 8.05. The zero-order valence-corrected chi connectivity index (χ0v) is 13.0. The average Bonchev–Trinajstić information content (AvgIpc) is 2.43. The largest absolute Gasteiger partial charge is 0.311 e. The van der Waals surface area contributed by atoms with E-state index in [1.54, 1.807) is 0 Å². The van der Waals surface area contributed by atoms with Crippen LogP contribution in [-0.4, -0.2) is 36.6 Å². The fourth-order valence-corrected chi connectivity index (χ4v) is 3.08. The Labute approximate surface area is 115 Å². The molecule has 1 aliphatic heterocycles. The van der Waals surface area contributed by atoms with Gasteiger partial charge in [-0.3, -0.25) is 4.90 Å². The van der Waals surface area contributed by atoms with Crippen LogP contribution in [0.2, 0.25) is 0 Å². The number of rotatable bonds is 8. The molecule has 3 unspecified atom stereocenters. The Balaban J connectivity index is 2.47. The summed E-state index contributed by atoms with van der Waals surface area (Å²) >= 11 is 0. The molecule has 1 N–H and O–H groups in total. The lowest BCUT2D eigenvalue weighted by Crippen LogP contribution is -2.57. The van der Waals surface area contributed by atoms with E-state index in [1.807, 2.05) is 0 Å². The molecule has 0 aliphatic carbocycles. The Bertz CT molecular complexity index is 205. The summed E-state index contributed by atoms with van der Waals surface area (Å²) in [7, 11) is 0. The van der Waals surface area contributed by atoms with E-state index in [2.05, 4.69) is 37.9 Å². The lowest BCUT2D eigenvalue weighted by atomic mass is 9.96. The van der Waals surface area contributed by atoms with E-state index in [1.165, 1.54) is 58.2 Å². The van der Waals surface area contributed by atoms with Gasteiger partial charge < -0.3 is 5.32 Å². The smallest absolute Gasteiger partial charge is 0.0218 e. The van der Waals surface area contributed by atoms with Crippen molar-refractivity contribution in [2.24, 2.45) is 5.92 Å². The number of nitrogens with one attached hydrogen (secondary N) is 1. The van der Waals surface area contributed by atoms with E-state index in [4.69, 9.17) is 0 Å². The highest BCUT2D eigenvalue weighted by molar-refractivity contribution is 4.85. The minimum Gasteiger partial charge on any atom is -0.311 e. The molecule has 1 aliphatic rings. The van der Waals surface area contributed by atoms with Gasteiger partial charge in [0.15, 0.2) is 0 Å². The standard InChI is InChI=1S/C16H34N2/c1-5-9-10-14(6-2)12-18-13-15(7-3)17-11-16(18)8-4/h14-17H,5-13H2,1-4H3. The molecule has 2 nitrogen and oxygen atoms in total. The Morgan fingerprint density at radius 3 is 2.50 bits per heavy atom. The van der Waals surface area contributed by atoms with Crippen molar-refractivity contribution in [3.63, 3.8) is 0 Å². The Kier molecular flexibility index (Phi) is 7.92. The van der Waals surface area contributed by atoms with Gasteiger partial charge in [0.2, 0.25) is 0 Å². The summed E-state index contributed by atoms with van der Waals surface area (Å²) in [6.45, 7) is 13.1. The first kappa shape index (κ1) is 16.0. The normalized spacial score (nSPS) is 27.3. The molecule has 18 heavy (non-hydrogen) atoms. The summed E-state index contributed by atoms with van der Waals surface area (Å²) in [5.41, 5.74) is 0. The first-order valence-electron chi connectivity index (χ1n) is 8.22. The van der Waals surface area contributed by atoms with E-state index in [9.17, 15) is 0 Å². The highest BCUT2D eigenvalue weighted by Crippen LogP contribution is 2.19. The van der Waals surface area contributed by atoms with Crippen molar-refractivity contribution in [2.45, 2.75) is 78.3 Å². The zero-order valence-electron chi connectivity index (χ0n) is 13.0. The summed E-state index contributed by atoms with van der Waals surface area (Å²) < 4.78 is 0. The number of nitrogens with zero attached hydrogens (tertiary/aromatic N) is 1. The second kappa shape index (κ2) is 8.92. The molecule has 0 aromatic rings. The first-order valence-corrected chi connectivity index (χ1v) is 8.22. The van der Waals surface area contributed by atoms with Gasteiger partial charge in [-0.25, -0.2) is 0 Å². The molecule has 108 valence electrons. The van der Waals surface area contributed by atoms with E-state index in [0.29, 0.717) is 0 Å². The van der Waals surface area contributed by atoms with Gasteiger partial charge in [0.1, 0.15) is 0 Å². The molecule has 1 rings (SSSR count). The lowest BCUT2D eigenvalue weighted by molar-refractivity contribution is 0.102. The predicted molar refractivity (Wildman–Crippen MR) is 81.0 cm³/mol. The Morgan fingerprint density at radius 1 is 1.17 bits per heavy atom. The van der Waals surface area contributed by atoms with Crippen molar-refractivity contribution < 1.29 is 0 Å². The Hall–Kier alpha value is -0.0800. The highest BCUT2D eigenvalue weighted by Gasteiger charge is 2.27. The molecular formula is C16H34N2. The zero-order chi connectivity index (χ0) is 13.4. The maximum atomic E-state index is 3.69. The van der Waals surface area contributed by atoms with Crippen molar-refractivity contribution in [1.82, 2.24) is 10.2 Å². The molecule has 2 heteroatoms. The third-order valence-electron chi connectivity index (χ3n) is 4.61. The van der Waals surface area contributed by atoms with E-state index in [-0.39, 0.29) is 0 Å². The molecule has 0 aromatic heterocycles. The molecule has 0 saturated carbocycles. The van der Waals surface area contributed by atoms with Gasteiger partial charge in [-0.15, -0.1) is 0 Å². The van der Waals surface area contributed by atoms with Gasteiger partial charge >= 0.3 is 0 Å². The number of piperazine rings is 1. The van der Waals surface area contributed by atoms with Crippen molar-refractivity contribution in [3.05, 3.63) is 0 Å². The molecule has 1 heterocycles. The molecule has 3 atom stereocenters. The van der Waals surface area contributed by atoms with Gasteiger partial charge in [0.25, 0.3) is 0 Å². The maximum absolute atomic E-state index is 3.69. The number of hydrogen-bond donors (Lipinski definition) is 1. The molecular weight excluding hydrogens is 220 g/mol. The second-order valence-corrected chi connectivity index (χ2v) is 5.95. The molecule has 1 saturated heterocycles. The topological polar surface area (TPSA) is 15.3 Å². The monoisotopic (exact) mass is 254 g/mol. The maximum Gasteiger partial charge on any atom is 0.0218 e. The summed E-state index contributed by atoms with van der Waals surface area (Å²) in [4.78, 5) is 2.77. The van der Waals surface area contributed by atoms with Crippen LogP contribution in [0.3, 0.4) is 0 Å². The molecule has 0 aromatic carbocycles. The van der Waals surface area contributed by atoms with E-state index in [0.717, 1.165) is 18.0 Å². The Morgan fingerprint density at radius 2 is 1.94 bits per heavy atom. The van der Waals surface area contributed by atoms with Crippen LogP contribution in [0.5, 0.6) is 0 Å². The van der Waals surface area contributed by atoms with Gasteiger partial charge in [0, 0.05) is 31.7 Å². The van der Waals surface area contributed by atoms with E-state index >= 15 is 0 Å². The van der Waals surface area contributed by atoms with Gasteiger partial charge in [-0.05, 0) is 25.2 Å². The van der Waals surface area contributed by atoms with Gasteiger partial charge in [-0.2, -0.15) is 0 Å².